The third kappa shape index (κ3) is 2.53. The molecule has 6 nitrogen and oxygen atoms in total. The second kappa shape index (κ2) is 5.56. The second-order valence-corrected chi connectivity index (χ2v) is 7.59. The van der Waals surface area contributed by atoms with Crippen LogP contribution < -0.4 is 4.72 Å². The van der Waals surface area contributed by atoms with Crippen LogP contribution in [0, 0.1) is 10.1 Å². The van der Waals surface area contributed by atoms with Crippen LogP contribution in [0.15, 0.2) is 59.5 Å². The molecular formula is C18H14N2O4S. The van der Waals surface area contributed by atoms with Gasteiger partial charge in [0.1, 0.15) is 0 Å². The van der Waals surface area contributed by atoms with Crippen molar-refractivity contribution in [1.29, 1.82) is 0 Å². The Kier molecular flexibility index (Phi) is 3.47. The van der Waals surface area contributed by atoms with Gasteiger partial charge in [0.05, 0.1) is 10.6 Å². The quantitative estimate of drug-likeness (QED) is 0.572. The van der Waals surface area contributed by atoms with Gasteiger partial charge in [0.15, 0.2) is 4.90 Å². The smallest absolute Gasteiger partial charge is 0.279 e. The number of hydrogen-bond acceptors (Lipinski definition) is 4. The second-order valence-electron chi connectivity index (χ2n) is 5.94. The van der Waals surface area contributed by atoms with Crippen LogP contribution in [0.1, 0.15) is 11.1 Å². The van der Waals surface area contributed by atoms with Gasteiger partial charge in [0.2, 0.25) is 0 Å². The lowest BCUT2D eigenvalue weighted by molar-refractivity contribution is -0.387. The SMILES string of the molecule is O=[N+]([O-])c1ccccc1S(=O)(=O)Nc1ccc2c3c(cccc13)CC2. The molecule has 25 heavy (non-hydrogen) atoms. The first kappa shape index (κ1) is 15.6. The van der Waals surface area contributed by atoms with E-state index in [0.29, 0.717) is 5.69 Å². The number of para-hydroxylation sites is 1. The van der Waals surface area contributed by atoms with Crippen molar-refractivity contribution in [2.24, 2.45) is 0 Å². The van der Waals surface area contributed by atoms with Gasteiger partial charge in [0, 0.05) is 11.5 Å². The van der Waals surface area contributed by atoms with Crippen LogP contribution in [0.25, 0.3) is 10.8 Å². The molecule has 3 aromatic rings. The van der Waals surface area contributed by atoms with E-state index >= 15 is 0 Å². The summed E-state index contributed by atoms with van der Waals surface area (Å²) in [5.41, 5.74) is 2.38. The van der Waals surface area contributed by atoms with E-state index in [2.05, 4.69) is 4.72 Å². The van der Waals surface area contributed by atoms with Crippen LogP contribution in [0.5, 0.6) is 0 Å². The lowest BCUT2D eigenvalue weighted by atomic mass is 10.0. The highest BCUT2D eigenvalue weighted by Crippen LogP contribution is 2.36. The van der Waals surface area contributed by atoms with E-state index in [1.54, 1.807) is 6.07 Å². The number of anilines is 1. The molecule has 0 aromatic heterocycles. The molecule has 0 bridgehead atoms. The third-order valence-electron chi connectivity index (χ3n) is 4.47. The van der Waals surface area contributed by atoms with Gasteiger partial charge in [-0.25, -0.2) is 8.42 Å². The van der Waals surface area contributed by atoms with Gasteiger partial charge in [-0.1, -0.05) is 36.4 Å². The fourth-order valence-electron chi connectivity index (χ4n) is 3.37. The minimum absolute atomic E-state index is 0.344. The Morgan fingerprint density at radius 3 is 2.40 bits per heavy atom. The van der Waals surface area contributed by atoms with E-state index < -0.39 is 20.6 Å². The van der Waals surface area contributed by atoms with E-state index in [1.165, 1.54) is 35.4 Å². The number of benzene rings is 3. The van der Waals surface area contributed by atoms with Crippen LogP contribution >= 0.6 is 0 Å². The number of nitrogens with zero attached hydrogens (tertiary/aromatic N) is 1. The maximum atomic E-state index is 12.7. The highest BCUT2D eigenvalue weighted by atomic mass is 32.2. The molecule has 0 heterocycles. The molecule has 0 aliphatic heterocycles. The van der Waals surface area contributed by atoms with E-state index in [4.69, 9.17) is 0 Å². The van der Waals surface area contributed by atoms with Crippen molar-refractivity contribution in [3.05, 3.63) is 75.8 Å². The Morgan fingerprint density at radius 1 is 0.920 bits per heavy atom. The van der Waals surface area contributed by atoms with E-state index in [-0.39, 0.29) is 4.90 Å². The molecule has 0 spiro atoms. The molecule has 126 valence electrons. The molecule has 3 aromatic carbocycles. The Balaban J connectivity index is 1.84. The molecule has 0 saturated carbocycles. The predicted molar refractivity (Wildman–Crippen MR) is 95.3 cm³/mol. The number of nitro benzene ring substituents is 1. The van der Waals surface area contributed by atoms with Crippen molar-refractivity contribution in [1.82, 2.24) is 0 Å². The van der Waals surface area contributed by atoms with Crippen molar-refractivity contribution >= 4 is 32.2 Å². The van der Waals surface area contributed by atoms with Crippen LogP contribution in [0.2, 0.25) is 0 Å². The van der Waals surface area contributed by atoms with Crippen LogP contribution in [0.4, 0.5) is 11.4 Å². The summed E-state index contributed by atoms with van der Waals surface area (Å²) in [7, 11) is -4.08. The number of hydrogen-bond donors (Lipinski definition) is 1. The summed E-state index contributed by atoms with van der Waals surface area (Å²) in [6.45, 7) is 0. The third-order valence-corrected chi connectivity index (χ3v) is 5.89. The van der Waals surface area contributed by atoms with Crippen LogP contribution in [0.3, 0.4) is 0 Å². The van der Waals surface area contributed by atoms with Crippen molar-refractivity contribution in [2.45, 2.75) is 17.7 Å². The summed E-state index contributed by atoms with van der Waals surface area (Å²) < 4.78 is 28.0. The number of nitro groups is 1. The zero-order valence-corrected chi connectivity index (χ0v) is 13.9. The maximum absolute atomic E-state index is 12.7. The molecule has 0 unspecified atom stereocenters. The lowest BCUT2D eigenvalue weighted by Gasteiger charge is -2.12. The first-order valence-corrected chi connectivity index (χ1v) is 9.25. The monoisotopic (exact) mass is 354 g/mol. The van der Waals surface area contributed by atoms with Gasteiger partial charge in [-0.15, -0.1) is 0 Å². The van der Waals surface area contributed by atoms with Gasteiger partial charge >= 0.3 is 0 Å². The number of sulfonamides is 1. The molecule has 0 amide bonds. The minimum Gasteiger partial charge on any atom is -0.279 e. The highest BCUT2D eigenvalue weighted by Gasteiger charge is 2.26. The summed E-state index contributed by atoms with van der Waals surface area (Å²) in [5, 5.41) is 13.0. The molecule has 1 aliphatic rings. The van der Waals surface area contributed by atoms with Crippen LogP contribution in [-0.2, 0) is 22.9 Å². The molecule has 1 N–H and O–H groups in total. The Labute approximate surface area is 144 Å². The minimum atomic E-state index is -4.08. The van der Waals surface area contributed by atoms with Crippen molar-refractivity contribution < 1.29 is 13.3 Å². The average molecular weight is 354 g/mol. The molecule has 0 fully saturated rings. The lowest BCUT2D eigenvalue weighted by Crippen LogP contribution is -2.15. The molecule has 0 saturated heterocycles. The molecule has 1 aliphatic carbocycles. The summed E-state index contributed by atoms with van der Waals surface area (Å²) in [4.78, 5) is 10.1. The molecule has 4 rings (SSSR count). The van der Waals surface area contributed by atoms with Gasteiger partial charge in [-0.3, -0.25) is 14.8 Å². The average Bonchev–Trinajstić information content (AvgIpc) is 3.02. The van der Waals surface area contributed by atoms with Gasteiger partial charge < -0.3 is 0 Å². The number of aryl methyl sites for hydroxylation is 2. The van der Waals surface area contributed by atoms with E-state index in [1.807, 2.05) is 24.3 Å². The maximum Gasteiger partial charge on any atom is 0.289 e. The fraction of sp³-hybridized carbons (Fsp3) is 0.111. The van der Waals surface area contributed by atoms with Crippen molar-refractivity contribution in [3.63, 3.8) is 0 Å². The summed E-state index contributed by atoms with van der Waals surface area (Å²) in [6, 6.07) is 14.8. The van der Waals surface area contributed by atoms with E-state index in [9.17, 15) is 18.5 Å². The highest BCUT2D eigenvalue weighted by molar-refractivity contribution is 7.92. The molecule has 0 radical (unpaired) electrons. The van der Waals surface area contributed by atoms with Crippen LogP contribution in [-0.4, -0.2) is 13.3 Å². The first-order chi connectivity index (χ1) is 12.0. The van der Waals surface area contributed by atoms with Gasteiger partial charge in [-0.2, -0.15) is 0 Å². The van der Waals surface area contributed by atoms with Crippen molar-refractivity contribution in [3.8, 4) is 0 Å². The topological polar surface area (TPSA) is 89.3 Å². The summed E-state index contributed by atoms with van der Waals surface area (Å²) >= 11 is 0. The number of nitrogens with one attached hydrogen (secondary N) is 1. The Bertz CT molecular complexity index is 1110. The Hall–Kier alpha value is -2.93. The molecular weight excluding hydrogens is 340 g/mol. The normalized spacial score (nSPS) is 13.1. The Morgan fingerprint density at radius 2 is 1.64 bits per heavy atom. The summed E-state index contributed by atoms with van der Waals surface area (Å²) in [5.74, 6) is 0. The zero-order chi connectivity index (χ0) is 17.6. The predicted octanol–water partition coefficient (Wildman–Crippen LogP) is 3.65. The molecule has 7 heteroatoms. The fourth-order valence-corrected chi connectivity index (χ4v) is 4.62. The molecule has 0 atom stereocenters. The first-order valence-electron chi connectivity index (χ1n) is 7.77. The van der Waals surface area contributed by atoms with Gasteiger partial charge in [-0.05, 0) is 41.5 Å². The standard InChI is InChI=1S/C18H14N2O4S/c21-20(22)16-6-1-2-7-17(16)25(23,24)19-15-11-10-13-9-8-12-4-3-5-14(15)18(12)13/h1-7,10-11,19H,8-9H2. The van der Waals surface area contributed by atoms with Gasteiger partial charge in [0.25, 0.3) is 15.7 Å². The van der Waals surface area contributed by atoms with E-state index in [0.717, 1.165) is 23.6 Å². The summed E-state index contributed by atoms with van der Waals surface area (Å²) in [6.07, 6.45) is 1.88. The zero-order valence-electron chi connectivity index (χ0n) is 13.1. The largest absolute Gasteiger partial charge is 0.289 e. The van der Waals surface area contributed by atoms with Crippen molar-refractivity contribution in [2.75, 3.05) is 4.72 Å². The number of rotatable bonds is 4.